The van der Waals surface area contributed by atoms with E-state index in [1.807, 2.05) is 13.8 Å². The third-order valence-electron chi connectivity index (χ3n) is 2.43. The van der Waals surface area contributed by atoms with Gasteiger partial charge in [0, 0.05) is 19.2 Å². The molecule has 0 spiro atoms. The van der Waals surface area contributed by atoms with Crippen LogP contribution in [0.3, 0.4) is 0 Å². The molecule has 1 heterocycles. The lowest BCUT2D eigenvalue weighted by Gasteiger charge is -2.35. The van der Waals surface area contributed by atoms with Crippen LogP contribution in [0.25, 0.3) is 0 Å². The first kappa shape index (κ1) is 12.9. The van der Waals surface area contributed by atoms with Gasteiger partial charge in [-0.3, -0.25) is 0 Å². The standard InChI is InChI=1S/C9H20N2O3S/c1-9(2)7-8(3-5-14-9)11-15(12,13)6-4-10/h8,11H,3-7,10H2,1-2H3. The van der Waals surface area contributed by atoms with E-state index in [0.29, 0.717) is 13.0 Å². The Hall–Kier alpha value is -0.170. The summed E-state index contributed by atoms with van der Waals surface area (Å²) in [5.74, 6) is -0.00914. The molecular formula is C9H20N2O3S. The van der Waals surface area contributed by atoms with Crippen molar-refractivity contribution < 1.29 is 13.2 Å². The van der Waals surface area contributed by atoms with E-state index in [2.05, 4.69) is 4.72 Å². The van der Waals surface area contributed by atoms with Gasteiger partial charge < -0.3 is 10.5 Å². The van der Waals surface area contributed by atoms with Crippen LogP contribution in [0.2, 0.25) is 0 Å². The van der Waals surface area contributed by atoms with Gasteiger partial charge in [-0.05, 0) is 26.7 Å². The summed E-state index contributed by atoms with van der Waals surface area (Å²) in [7, 11) is -3.21. The molecule has 0 bridgehead atoms. The van der Waals surface area contributed by atoms with E-state index in [1.165, 1.54) is 0 Å². The van der Waals surface area contributed by atoms with Crippen molar-refractivity contribution >= 4 is 10.0 Å². The largest absolute Gasteiger partial charge is 0.375 e. The van der Waals surface area contributed by atoms with E-state index >= 15 is 0 Å². The Morgan fingerprint density at radius 1 is 1.53 bits per heavy atom. The van der Waals surface area contributed by atoms with Gasteiger partial charge in [0.15, 0.2) is 0 Å². The van der Waals surface area contributed by atoms with Crippen molar-refractivity contribution in [2.45, 2.75) is 38.3 Å². The molecule has 1 fully saturated rings. The molecular weight excluding hydrogens is 216 g/mol. The lowest BCUT2D eigenvalue weighted by Crippen LogP contribution is -2.46. The number of nitrogens with one attached hydrogen (secondary N) is 1. The minimum atomic E-state index is -3.21. The topological polar surface area (TPSA) is 81.4 Å². The van der Waals surface area contributed by atoms with Crippen molar-refractivity contribution in [1.29, 1.82) is 0 Å². The van der Waals surface area contributed by atoms with Crippen LogP contribution in [0.4, 0.5) is 0 Å². The van der Waals surface area contributed by atoms with E-state index in [0.717, 1.165) is 6.42 Å². The minimum Gasteiger partial charge on any atom is -0.375 e. The quantitative estimate of drug-likeness (QED) is 0.709. The van der Waals surface area contributed by atoms with Crippen molar-refractivity contribution in [3.05, 3.63) is 0 Å². The fraction of sp³-hybridized carbons (Fsp3) is 1.00. The number of nitrogens with two attached hydrogens (primary N) is 1. The van der Waals surface area contributed by atoms with Crippen LogP contribution >= 0.6 is 0 Å². The van der Waals surface area contributed by atoms with Crippen LogP contribution in [-0.2, 0) is 14.8 Å². The lowest BCUT2D eigenvalue weighted by atomic mass is 9.95. The van der Waals surface area contributed by atoms with Crippen molar-refractivity contribution in [2.24, 2.45) is 5.73 Å². The molecule has 5 nitrogen and oxygen atoms in total. The number of sulfonamides is 1. The van der Waals surface area contributed by atoms with Crippen LogP contribution in [0.15, 0.2) is 0 Å². The predicted molar refractivity (Wildman–Crippen MR) is 59.0 cm³/mol. The van der Waals surface area contributed by atoms with Gasteiger partial charge >= 0.3 is 0 Å². The SMILES string of the molecule is CC1(C)CC(NS(=O)(=O)CCN)CCO1. The smallest absolute Gasteiger partial charge is 0.213 e. The lowest BCUT2D eigenvalue weighted by molar-refractivity contribution is -0.0599. The maximum Gasteiger partial charge on any atom is 0.213 e. The fourth-order valence-corrected chi connectivity index (χ4v) is 2.94. The second-order valence-electron chi connectivity index (χ2n) is 4.52. The van der Waals surface area contributed by atoms with Crippen LogP contribution in [-0.4, -0.2) is 39.0 Å². The highest BCUT2D eigenvalue weighted by molar-refractivity contribution is 7.89. The Balaban J connectivity index is 2.52. The van der Waals surface area contributed by atoms with Crippen LogP contribution in [0, 0.1) is 0 Å². The van der Waals surface area contributed by atoms with Gasteiger partial charge in [0.2, 0.25) is 10.0 Å². The number of hydrogen-bond acceptors (Lipinski definition) is 4. The van der Waals surface area contributed by atoms with E-state index in [4.69, 9.17) is 10.5 Å². The first-order valence-electron chi connectivity index (χ1n) is 5.19. The van der Waals surface area contributed by atoms with Gasteiger partial charge in [-0.25, -0.2) is 13.1 Å². The Bertz CT molecular complexity index is 300. The summed E-state index contributed by atoms with van der Waals surface area (Å²) in [4.78, 5) is 0. The summed E-state index contributed by atoms with van der Waals surface area (Å²) >= 11 is 0. The molecule has 0 saturated carbocycles. The Morgan fingerprint density at radius 3 is 2.73 bits per heavy atom. The molecule has 1 unspecified atom stereocenters. The molecule has 1 saturated heterocycles. The van der Waals surface area contributed by atoms with E-state index in [9.17, 15) is 8.42 Å². The maximum atomic E-state index is 11.5. The second-order valence-corrected chi connectivity index (χ2v) is 6.40. The summed E-state index contributed by atoms with van der Waals surface area (Å²) in [5, 5.41) is 0. The molecule has 1 atom stereocenters. The van der Waals surface area contributed by atoms with Crippen LogP contribution in [0.5, 0.6) is 0 Å². The zero-order valence-electron chi connectivity index (χ0n) is 9.32. The molecule has 0 radical (unpaired) electrons. The molecule has 1 rings (SSSR count). The normalized spacial score (nSPS) is 26.5. The molecule has 0 aromatic heterocycles. The summed E-state index contributed by atoms with van der Waals surface area (Å²) in [5.41, 5.74) is 4.99. The highest BCUT2D eigenvalue weighted by Gasteiger charge is 2.30. The molecule has 1 aliphatic rings. The van der Waals surface area contributed by atoms with Crippen molar-refractivity contribution in [3.8, 4) is 0 Å². The van der Waals surface area contributed by atoms with E-state index in [-0.39, 0.29) is 23.9 Å². The summed E-state index contributed by atoms with van der Waals surface area (Å²) in [6.07, 6.45) is 1.43. The van der Waals surface area contributed by atoms with E-state index < -0.39 is 10.0 Å². The number of rotatable bonds is 4. The van der Waals surface area contributed by atoms with Gasteiger partial charge in [-0.1, -0.05) is 0 Å². The summed E-state index contributed by atoms with van der Waals surface area (Å²) in [6.45, 7) is 4.69. The number of hydrogen-bond donors (Lipinski definition) is 2. The third-order valence-corrected chi connectivity index (χ3v) is 3.90. The molecule has 0 aromatic rings. The molecule has 15 heavy (non-hydrogen) atoms. The van der Waals surface area contributed by atoms with E-state index in [1.54, 1.807) is 0 Å². The molecule has 0 aliphatic carbocycles. The van der Waals surface area contributed by atoms with Gasteiger partial charge in [0.25, 0.3) is 0 Å². The molecule has 90 valence electrons. The minimum absolute atomic E-state index is 0.00914. The first-order chi connectivity index (χ1) is 6.85. The summed E-state index contributed by atoms with van der Waals surface area (Å²) < 4.78 is 31.1. The number of ether oxygens (including phenoxy) is 1. The second kappa shape index (κ2) is 4.78. The van der Waals surface area contributed by atoms with Crippen LogP contribution in [0.1, 0.15) is 26.7 Å². The van der Waals surface area contributed by atoms with Gasteiger partial charge in [-0.2, -0.15) is 0 Å². The van der Waals surface area contributed by atoms with Crippen molar-refractivity contribution in [2.75, 3.05) is 18.9 Å². The average molecular weight is 236 g/mol. The predicted octanol–water partition coefficient (Wildman–Crippen LogP) is -0.178. The maximum absolute atomic E-state index is 11.5. The Kier molecular flexibility index (Phi) is 4.11. The van der Waals surface area contributed by atoms with Gasteiger partial charge in [0.1, 0.15) is 0 Å². The van der Waals surface area contributed by atoms with Crippen LogP contribution < -0.4 is 10.5 Å². The Morgan fingerprint density at radius 2 is 2.20 bits per heavy atom. The zero-order valence-corrected chi connectivity index (χ0v) is 10.1. The van der Waals surface area contributed by atoms with Crippen molar-refractivity contribution in [1.82, 2.24) is 4.72 Å². The molecule has 0 aromatic carbocycles. The highest BCUT2D eigenvalue weighted by atomic mass is 32.2. The van der Waals surface area contributed by atoms with Gasteiger partial charge in [0.05, 0.1) is 11.4 Å². The van der Waals surface area contributed by atoms with Gasteiger partial charge in [-0.15, -0.1) is 0 Å². The zero-order chi connectivity index (χ0) is 11.5. The Labute approximate surface area is 91.4 Å². The summed E-state index contributed by atoms with van der Waals surface area (Å²) in [6, 6.07) is -0.0229. The average Bonchev–Trinajstić information content (AvgIpc) is 1.99. The monoisotopic (exact) mass is 236 g/mol. The molecule has 3 N–H and O–H groups in total. The molecule has 0 amide bonds. The first-order valence-corrected chi connectivity index (χ1v) is 6.84. The van der Waals surface area contributed by atoms with Crippen molar-refractivity contribution in [3.63, 3.8) is 0 Å². The molecule has 1 aliphatic heterocycles. The molecule has 6 heteroatoms. The highest BCUT2D eigenvalue weighted by Crippen LogP contribution is 2.24. The third kappa shape index (κ3) is 4.46. The fourth-order valence-electron chi connectivity index (χ4n) is 1.80.